The van der Waals surface area contributed by atoms with Crippen molar-refractivity contribution in [2.45, 2.75) is 52.9 Å². The zero-order valence-electron chi connectivity index (χ0n) is 13.6. The number of amides is 1. The van der Waals surface area contributed by atoms with Crippen LogP contribution in [0.2, 0.25) is 0 Å². The first-order valence-corrected chi connectivity index (χ1v) is 8.25. The highest BCUT2D eigenvalue weighted by atomic mass is 16.1. The van der Waals surface area contributed by atoms with E-state index >= 15 is 0 Å². The summed E-state index contributed by atoms with van der Waals surface area (Å²) in [5.41, 5.74) is 9.66. The van der Waals surface area contributed by atoms with Crippen molar-refractivity contribution >= 4 is 11.6 Å². The minimum Gasteiger partial charge on any atom is -0.372 e. The van der Waals surface area contributed by atoms with Crippen LogP contribution in [0.25, 0.3) is 0 Å². The Morgan fingerprint density at radius 3 is 2.52 bits per heavy atom. The summed E-state index contributed by atoms with van der Waals surface area (Å²) >= 11 is 0. The Labute approximate surface area is 128 Å². The van der Waals surface area contributed by atoms with Gasteiger partial charge in [0, 0.05) is 24.3 Å². The highest BCUT2D eigenvalue weighted by Crippen LogP contribution is 2.33. The molecule has 2 N–H and O–H groups in total. The normalized spacial score (nSPS) is 14.2. The summed E-state index contributed by atoms with van der Waals surface area (Å²) in [6, 6.07) is 4.23. The first kappa shape index (κ1) is 15.9. The van der Waals surface area contributed by atoms with E-state index in [0.29, 0.717) is 5.56 Å². The van der Waals surface area contributed by atoms with Gasteiger partial charge in [-0.05, 0) is 55.4 Å². The molecule has 3 nitrogen and oxygen atoms in total. The van der Waals surface area contributed by atoms with Crippen molar-refractivity contribution in [2.75, 3.05) is 18.0 Å². The molecule has 1 saturated carbocycles. The SMILES string of the molecule is CCCN(CCC1CC1)c1cc(CC)c(C)c(C(N)=O)c1. The molecule has 0 spiro atoms. The Hall–Kier alpha value is -1.51. The average molecular weight is 288 g/mol. The first-order chi connectivity index (χ1) is 10.1. The highest BCUT2D eigenvalue weighted by molar-refractivity contribution is 5.95. The van der Waals surface area contributed by atoms with Gasteiger partial charge in [-0.3, -0.25) is 4.79 Å². The van der Waals surface area contributed by atoms with Crippen molar-refractivity contribution in [3.63, 3.8) is 0 Å². The van der Waals surface area contributed by atoms with E-state index in [9.17, 15) is 4.79 Å². The summed E-state index contributed by atoms with van der Waals surface area (Å²) in [6.45, 7) is 8.45. The summed E-state index contributed by atoms with van der Waals surface area (Å²) in [6.07, 6.45) is 6.09. The van der Waals surface area contributed by atoms with Gasteiger partial charge in [-0.2, -0.15) is 0 Å². The molecule has 0 aromatic heterocycles. The Kier molecular flexibility index (Phi) is 5.27. The summed E-state index contributed by atoms with van der Waals surface area (Å²) in [7, 11) is 0. The molecule has 0 heterocycles. The number of hydrogen-bond donors (Lipinski definition) is 1. The molecule has 1 aliphatic rings. The van der Waals surface area contributed by atoms with Crippen LogP contribution in [-0.2, 0) is 6.42 Å². The summed E-state index contributed by atoms with van der Waals surface area (Å²) < 4.78 is 0. The van der Waals surface area contributed by atoms with E-state index < -0.39 is 0 Å². The number of rotatable bonds is 8. The van der Waals surface area contributed by atoms with Gasteiger partial charge in [-0.1, -0.05) is 26.7 Å². The fourth-order valence-corrected chi connectivity index (χ4v) is 2.95. The maximum atomic E-state index is 11.7. The topological polar surface area (TPSA) is 46.3 Å². The van der Waals surface area contributed by atoms with Crippen LogP contribution in [0.15, 0.2) is 12.1 Å². The standard InChI is InChI=1S/C18H28N2O/c1-4-9-20(10-8-14-6-7-14)16-11-15(5-2)13(3)17(12-16)18(19)21/h11-12,14H,4-10H2,1-3H3,(H2,19,21). The molecule has 0 bridgehead atoms. The van der Waals surface area contributed by atoms with Crippen molar-refractivity contribution in [1.82, 2.24) is 0 Å². The van der Waals surface area contributed by atoms with Gasteiger partial charge in [0.05, 0.1) is 0 Å². The number of nitrogens with zero attached hydrogens (tertiary/aromatic N) is 1. The van der Waals surface area contributed by atoms with Crippen LogP contribution in [0.5, 0.6) is 0 Å². The van der Waals surface area contributed by atoms with Gasteiger partial charge < -0.3 is 10.6 Å². The Balaban J connectivity index is 2.28. The lowest BCUT2D eigenvalue weighted by molar-refractivity contribution is 0.0999. The molecule has 0 radical (unpaired) electrons. The maximum absolute atomic E-state index is 11.7. The minimum atomic E-state index is -0.317. The molecule has 3 heteroatoms. The van der Waals surface area contributed by atoms with E-state index in [2.05, 4.69) is 24.8 Å². The van der Waals surface area contributed by atoms with E-state index in [1.807, 2.05) is 13.0 Å². The number of nitrogens with two attached hydrogens (primary N) is 1. The number of primary amides is 1. The van der Waals surface area contributed by atoms with Crippen LogP contribution >= 0.6 is 0 Å². The van der Waals surface area contributed by atoms with Gasteiger partial charge in [0.25, 0.3) is 0 Å². The second-order valence-corrected chi connectivity index (χ2v) is 6.21. The van der Waals surface area contributed by atoms with Crippen molar-refractivity contribution in [1.29, 1.82) is 0 Å². The Morgan fingerprint density at radius 1 is 1.29 bits per heavy atom. The largest absolute Gasteiger partial charge is 0.372 e. The lowest BCUT2D eigenvalue weighted by Gasteiger charge is -2.26. The van der Waals surface area contributed by atoms with E-state index in [1.54, 1.807) is 0 Å². The van der Waals surface area contributed by atoms with Gasteiger partial charge >= 0.3 is 0 Å². The lowest BCUT2D eigenvalue weighted by Crippen LogP contribution is -2.26. The van der Waals surface area contributed by atoms with Gasteiger partial charge in [0.1, 0.15) is 0 Å². The lowest BCUT2D eigenvalue weighted by atomic mass is 9.98. The number of aryl methyl sites for hydroxylation is 1. The summed E-state index contributed by atoms with van der Waals surface area (Å²) in [5, 5.41) is 0. The molecule has 1 aromatic carbocycles. The van der Waals surface area contributed by atoms with Crippen LogP contribution in [0.3, 0.4) is 0 Å². The number of hydrogen-bond acceptors (Lipinski definition) is 2. The maximum Gasteiger partial charge on any atom is 0.249 e. The van der Waals surface area contributed by atoms with E-state index in [4.69, 9.17) is 5.73 Å². The molecule has 0 unspecified atom stereocenters. The van der Waals surface area contributed by atoms with E-state index in [1.165, 1.54) is 24.8 Å². The van der Waals surface area contributed by atoms with Crippen LogP contribution in [0, 0.1) is 12.8 Å². The van der Waals surface area contributed by atoms with Crippen LogP contribution in [0.1, 0.15) is 61.0 Å². The number of anilines is 1. The third kappa shape index (κ3) is 3.99. The molecule has 0 aliphatic heterocycles. The molecular weight excluding hydrogens is 260 g/mol. The monoisotopic (exact) mass is 288 g/mol. The van der Waals surface area contributed by atoms with Gasteiger partial charge in [-0.25, -0.2) is 0 Å². The fraction of sp³-hybridized carbons (Fsp3) is 0.611. The molecular formula is C18H28N2O. The number of benzene rings is 1. The Bertz CT molecular complexity index is 506. The predicted molar refractivity (Wildman–Crippen MR) is 88.9 cm³/mol. The molecule has 1 aliphatic carbocycles. The van der Waals surface area contributed by atoms with Gasteiger partial charge in [0.2, 0.25) is 5.91 Å². The molecule has 1 amide bonds. The van der Waals surface area contributed by atoms with Crippen molar-refractivity contribution in [3.8, 4) is 0 Å². The number of carbonyl (C=O) groups is 1. The van der Waals surface area contributed by atoms with Crippen LogP contribution in [0.4, 0.5) is 5.69 Å². The van der Waals surface area contributed by atoms with Crippen LogP contribution < -0.4 is 10.6 Å². The third-order valence-corrected chi connectivity index (χ3v) is 4.51. The van der Waals surface area contributed by atoms with Crippen molar-refractivity contribution < 1.29 is 4.79 Å². The van der Waals surface area contributed by atoms with Crippen LogP contribution in [-0.4, -0.2) is 19.0 Å². The zero-order valence-corrected chi connectivity index (χ0v) is 13.6. The quantitative estimate of drug-likeness (QED) is 0.793. The molecule has 1 fully saturated rings. The smallest absolute Gasteiger partial charge is 0.249 e. The molecule has 21 heavy (non-hydrogen) atoms. The third-order valence-electron chi connectivity index (χ3n) is 4.51. The Morgan fingerprint density at radius 2 is 2.00 bits per heavy atom. The second-order valence-electron chi connectivity index (χ2n) is 6.21. The van der Waals surface area contributed by atoms with E-state index in [0.717, 1.165) is 43.1 Å². The van der Waals surface area contributed by atoms with Gasteiger partial charge in [-0.15, -0.1) is 0 Å². The van der Waals surface area contributed by atoms with Gasteiger partial charge in [0.15, 0.2) is 0 Å². The average Bonchev–Trinajstić information content (AvgIpc) is 3.27. The number of carbonyl (C=O) groups excluding carboxylic acids is 1. The van der Waals surface area contributed by atoms with E-state index in [-0.39, 0.29) is 5.91 Å². The zero-order chi connectivity index (χ0) is 15.4. The first-order valence-electron chi connectivity index (χ1n) is 8.25. The predicted octanol–water partition coefficient (Wildman–Crippen LogP) is 3.67. The van der Waals surface area contributed by atoms with Crippen molar-refractivity contribution in [3.05, 3.63) is 28.8 Å². The highest BCUT2D eigenvalue weighted by Gasteiger charge is 2.22. The summed E-state index contributed by atoms with van der Waals surface area (Å²) in [5.74, 6) is 0.610. The molecule has 116 valence electrons. The minimum absolute atomic E-state index is 0.317. The molecule has 2 rings (SSSR count). The summed E-state index contributed by atoms with van der Waals surface area (Å²) in [4.78, 5) is 14.1. The second kappa shape index (κ2) is 6.97. The van der Waals surface area contributed by atoms with Crippen molar-refractivity contribution in [2.24, 2.45) is 11.7 Å². The molecule has 0 saturated heterocycles. The molecule has 0 atom stereocenters. The molecule has 1 aromatic rings. The fourth-order valence-electron chi connectivity index (χ4n) is 2.95.